The summed E-state index contributed by atoms with van der Waals surface area (Å²) in [6, 6.07) is 9.42. The smallest absolute Gasteiger partial charge is 0.304 e. The second kappa shape index (κ2) is 8.05. The summed E-state index contributed by atoms with van der Waals surface area (Å²) in [5.41, 5.74) is 0.0394. The van der Waals surface area contributed by atoms with E-state index in [-0.39, 0.29) is 13.2 Å². The first-order valence-corrected chi connectivity index (χ1v) is 7.65. The highest BCUT2D eigenvalue weighted by molar-refractivity contribution is 7.58. The third kappa shape index (κ3) is 5.11. The molecular weight excluding hydrogens is 266 g/mol. The van der Waals surface area contributed by atoms with Gasteiger partial charge in [-0.3, -0.25) is 4.57 Å². The van der Waals surface area contributed by atoms with Crippen molar-refractivity contribution in [2.75, 3.05) is 13.2 Å². The van der Waals surface area contributed by atoms with Crippen LogP contribution < -0.4 is 0 Å². The third-order valence-electron chi connectivity index (χ3n) is 2.18. The highest BCUT2D eigenvalue weighted by Gasteiger charge is 2.29. The molecule has 0 saturated heterocycles. The molecule has 0 unspecified atom stereocenters. The average molecular weight is 284 g/mol. The van der Waals surface area contributed by atoms with E-state index in [0.717, 1.165) is 11.6 Å². The summed E-state index contributed by atoms with van der Waals surface area (Å²) in [4.78, 5) is 0. The Morgan fingerprint density at radius 3 is 2.32 bits per heavy atom. The fourth-order valence-corrected chi connectivity index (χ4v) is 2.66. The van der Waals surface area contributed by atoms with Crippen LogP contribution in [0.3, 0.4) is 0 Å². The van der Waals surface area contributed by atoms with Crippen LogP contribution in [0.1, 0.15) is 19.4 Å². The summed E-state index contributed by atoms with van der Waals surface area (Å²) in [6.07, 6.45) is 4.30. The maximum absolute atomic E-state index is 13.8. The summed E-state index contributed by atoms with van der Waals surface area (Å²) >= 11 is 0. The first kappa shape index (κ1) is 15.8. The first-order valence-electron chi connectivity index (χ1n) is 6.11. The maximum atomic E-state index is 13.8. The number of allylic oxidation sites excluding steroid dienone is 2. The van der Waals surface area contributed by atoms with E-state index in [0.29, 0.717) is 0 Å². The molecule has 0 aliphatic carbocycles. The number of halogens is 1. The zero-order valence-electron chi connectivity index (χ0n) is 11.1. The summed E-state index contributed by atoms with van der Waals surface area (Å²) in [7, 11) is -3.79. The molecule has 0 aliphatic heterocycles. The SMILES string of the molecule is CCOP(=O)(OCC)/C(F)=C\C=C\c1ccccc1. The molecule has 1 rings (SSSR count). The summed E-state index contributed by atoms with van der Waals surface area (Å²) in [6.45, 7) is 3.53. The fourth-order valence-electron chi connectivity index (χ4n) is 1.39. The van der Waals surface area contributed by atoms with E-state index in [4.69, 9.17) is 9.05 Å². The van der Waals surface area contributed by atoms with E-state index >= 15 is 0 Å². The Bertz CT molecular complexity index is 473. The van der Waals surface area contributed by atoms with Crippen LogP contribution in [0.15, 0.2) is 48.1 Å². The second-order valence-electron chi connectivity index (χ2n) is 3.59. The highest BCUT2D eigenvalue weighted by Crippen LogP contribution is 2.56. The van der Waals surface area contributed by atoms with Crippen molar-refractivity contribution in [1.29, 1.82) is 0 Å². The van der Waals surface area contributed by atoms with E-state index in [1.807, 2.05) is 30.3 Å². The van der Waals surface area contributed by atoms with Gasteiger partial charge in [-0.25, -0.2) is 0 Å². The lowest BCUT2D eigenvalue weighted by Gasteiger charge is -2.14. The van der Waals surface area contributed by atoms with Crippen LogP contribution >= 0.6 is 7.60 Å². The predicted octanol–water partition coefficient (Wildman–Crippen LogP) is 4.78. The third-order valence-corrected chi connectivity index (χ3v) is 4.05. The molecule has 0 fully saturated rings. The maximum Gasteiger partial charge on any atom is 0.389 e. The van der Waals surface area contributed by atoms with Crippen molar-refractivity contribution in [3.05, 3.63) is 53.6 Å². The Balaban J connectivity index is 2.79. The molecule has 104 valence electrons. The highest BCUT2D eigenvalue weighted by atomic mass is 31.2. The molecule has 0 aromatic heterocycles. The van der Waals surface area contributed by atoms with Gasteiger partial charge in [0.25, 0.3) is 0 Å². The molecule has 1 aromatic carbocycles. The Morgan fingerprint density at radius 2 is 1.79 bits per heavy atom. The van der Waals surface area contributed by atoms with Crippen LogP contribution in [-0.4, -0.2) is 13.2 Å². The van der Waals surface area contributed by atoms with Crippen LogP contribution in [0.2, 0.25) is 0 Å². The topological polar surface area (TPSA) is 35.5 Å². The number of benzene rings is 1. The van der Waals surface area contributed by atoms with Gasteiger partial charge in [0.15, 0.2) is 0 Å². The first-order chi connectivity index (χ1) is 9.12. The quantitative estimate of drug-likeness (QED) is 0.534. The molecule has 0 bridgehead atoms. The lowest BCUT2D eigenvalue weighted by molar-refractivity contribution is 0.220. The van der Waals surface area contributed by atoms with Gasteiger partial charge >= 0.3 is 7.60 Å². The normalized spacial score (nSPS) is 13.1. The van der Waals surface area contributed by atoms with E-state index in [1.54, 1.807) is 19.9 Å². The molecule has 0 spiro atoms. The Hall–Kier alpha value is -1.22. The van der Waals surface area contributed by atoms with Crippen molar-refractivity contribution in [3.8, 4) is 0 Å². The lowest BCUT2D eigenvalue weighted by Crippen LogP contribution is -1.95. The molecule has 0 N–H and O–H groups in total. The monoisotopic (exact) mass is 284 g/mol. The molecule has 5 heteroatoms. The van der Waals surface area contributed by atoms with Crippen LogP contribution in [0, 0.1) is 0 Å². The number of rotatable bonds is 7. The molecule has 0 amide bonds. The van der Waals surface area contributed by atoms with Gasteiger partial charge in [0.05, 0.1) is 13.2 Å². The molecule has 3 nitrogen and oxygen atoms in total. The van der Waals surface area contributed by atoms with Gasteiger partial charge < -0.3 is 9.05 Å². The molecule has 0 aliphatic rings. The van der Waals surface area contributed by atoms with Crippen molar-refractivity contribution in [2.45, 2.75) is 13.8 Å². The van der Waals surface area contributed by atoms with Gasteiger partial charge in [0.1, 0.15) is 0 Å². The predicted molar refractivity (Wildman–Crippen MR) is 75.5 cm³/mol. The molecular formula is C14H18FO3P. The van der Waals surface area contributed by atoms with E-state index in [9.17, 15) is 8.96 Å². The summed E-state index contributed by atoms with van der Waals surface area (Å²) in [5.74, 6) is 0. The van der Waals surface area contributed by atoms with Crippen molar-refractivity contribution in [1.82, 2.24) is 0 Å². The summed E-state index contributed by atoms with van der Waals surface area (Å²) < 4.78 is 35.6. The van der Waals surface area contributed by atoms with Crippen molar-refractivity contribution in [2.24, 2.45) is 0 Å². The minimum atomic E-state index is -3.79. The van der Waals surface area contributed by atoms with Crippen molar-refractivity contribution in [3.63, 3.8) is 0 Å². The molecule has 19 heavy (non-hydrogen) atoms. The minimum absolute atomic E-state index is 0.126. The van der Waals surface area contributed by atoms with Gasteiger partial charge in [-0.15, -0.1) is 0 Å². The Kier molecular flexibility index (Phi) is 6.71. The minimum Gasteiger partial charge on any atom is -0.304 e. The van der Waals surface area contributed by atoms with Crippen LogP contribution in [0.5, 0.6) is 0 Å². The molecule has 0 radical (unpaired) electrons. The number of hydrogen-bond acceptors (Lipinski definition) is 3. The fraction of sp³-hybridized carbons (Fsp3) is 0.286. The van der Waals surface area contributed by atoms with Gasteiger partial charge in [-0.1, -0.05) is 42.5 Å². The zero-order valence-corrected chi connectivity index (χ0v) is 12.0. The zero-order chi connectivity index (χ0) is 14.1. The molecule has 0 atom stereocenters. The van der Waals surface area contributed by atoms with Crippen molar-refractivity contribution >= 4 is 13.7 Å². The van der Waals surface area contributed by atoms with Gasteiger partial charge in [0, 0.05) is 0 Å². The van der Waals surface area contributed by atoms with Crippen molar-refractivity contribution < 1.29 is 18.0 Å². The van der Waals surface area contributed by atoms with Gasteiger partial charge in [-0.05, 0) is 25.5 Å². The standard InChI is InChI=1S/C14H18FO3P/c1-3-17-19(16,18-4-2)14(15)12-8-11-13-9-6-5-7-10-13/h5-12H,3-4H2,1-2H3/b11-8+,14-12-. The Labute approximate surface area is 113 Å². The lowest BCUT2D eigenvalue weighted by atomic mass is 10.2. The largest absolute Gasteiger partial charge is 0.389 e. The average Bonchev–Trinajstić information content (AvgIpc) is 2.40. The van der Waals surface area contributed by atoms with Crippen LogP contribution in [-0.2, 0) is 13.6 Å². The van der Waals surface area contributed by atoms with Crippen LogP contribution in [0.25, 0.3) is 6.08 Å². The van der Waals surface area contributed by atoms with Gasteiger partial charge in [-0.2, -0.15) is 4.39 Å². The molecule has 0 heterocycles. The Morgan fingerprint density at radius 1 is 1.21 bits per heavy atom. The number of hydrogen-bond donors (Lipinski definition) is 0. The molecule has 1 aromatic rings. The summed E-state index contributed by atoms with van der Waals surface area (Å²) in [5, 5.41) is 0. The second-order valence-corrected chi connectivity index (χ2v) is 5.53. The van der Waals surface area contributed by atoms with E-state index in [2.05, 4.69) is 0 Å². The van der Waals surface area contributed by atoms with E-state index in [1.165, 1.54) is 6.08 Å². The van der Waals surface area contributed by atoms with E-state index < -0.39 is 13.2 Å². The van der Waals surface area contributed by atoms with Gasteiger partial charge in [0.2, 0.25) is 5.57 Å². The molecule has 0 saturated carbocycles. The van der Waals surface area contributed by atoms with Crippen LogP contribution in [0.4, 0.5) is 4.39 Å².